The first-order valence-corrected chi connectivity index (χ1v) is 4.79. The smallest absolute Gasteiger partial charge is 0 e. The minimum atomic E-state index is 0. The van der Waals surface area contributed by atoms with Crippen molar-refractivity contribution in [1.29, 1.82) is 0 Å². The summed E-state index contributed by atoms with van der Waals surface area (Å²) in [7, 11) is 2.66. The van der Waals surface area contributed by atoms with Gasteiger partial charge in [-0.1, -0.05) is 23.3 Å². The third-order valence-corrected chi connectivity index (χ3v) is 2.70. The second-order valence-corrected chi connectivity index (χ2v) is 4.02. The Hall–Kier alpha value is 2.89. The minimum Gasteiger partial charge on any atom is 0 e. The molecule has 0 saturated carbocycles. The summed E-state index contributed by atoms with van der Waals surface area (Å²) in [5, 5.41) is 0. The Balaban J connectivity index is -0.0000000450. The molecule has 0 aromatic rings. The Morgan fingerprint density at radius 3 is 1.17 bits per heavy atom. The van der Waals surface area contributed by atoms with Gasteiger partial charge in [-0.3, -0.25) is 0 Å². The summed E-state index contributed by atoms with van der Waals surface area (Å²) in [5.41, 5.74) is 0. The molecule has 0 heterocycles. The van der Waals surface area contributed by atoms with Crippen molar-refractivity contribution in [3.63, 3.8) is 0 Å². The van der Waals surface area contributed by atoms with Gasteiger partial charge in [0.15, 0.2) is 0 Å². The maximum Gasteiger partial charge on any atom is 0 e. The van der Waals surface area contributed by atoms with Crippen LogP contribution in [0.5, 0.6) is 0 Å². The van der Waals surface area contributed by atoms with Gasteiger partial charge >= 0.3 is 25.8 Å². The summed E-state index contributed by atoms with van der Waals surface area (Å²) in [5.74, 6) is 0. The molecule has 0 N–H and O–H groups in total. The molecule has 0 aliphatic rings. The number of hydrogen-bond acceptors (Lipinski definition) is 4. The molecule has 0 amide bonds. The van der Waals surface area contributed by atoms with E-state index < -0.39 is 0 Å². The van der Waals surface area contributed by atoms with Crippen molar-refractivity contribution in [2.24, 2.45) is 0 Å². The summed E-state index contributed by atoms with van der Waals surface area (Å²) < 4.78 is 0. The summed E-state index contributed by atoms with van der Waals surface area (Å²) >= 11 is 7.45. The molecule has 0 rings (SSSR count). The topological polar surface area (TPSA) is 0 Å². The van der Waals surface area contributed by atoms with E-state index in [0.29, 0.717) is 0 Å². The van der Waals surface area contributed by atoms with Gasteiger partial charge in [-0.15, -0.1) is 0 Å². The fourth-order valence-electron chi connectivity index (χ4n) is 0. The van der Waals surface area contributed by atoms with Crippen molar-refractivity contribution in [2.75, 3.05) is 0 Å². The van der Waals surface area contributed by atoms with Crippen LogP contribution in [0.2, 0.25) is 0 Å². The normalized spacial score (nSPS) is 5.00. The number of hydrogen-bond donors (Lipinski definition) is 2. The van der Waals surface area contributed by atoms with Crippen LogP contribution in [0.1, 0.15) is 0 Å². The Bertz CT molecular complexity index is 9.51. The first kappa shape index (κ1) is 16.0. The molecular weight excluding hydrogens is 308 g/mol. The van der Waals surface area contributed by atoms with E-state index in [1.165, 1.54) is 19.7 Å². The van der Waals surface area contributed by atoms with Crippen LogP contribution in [-0.4, -0.2) is 25.8 Å². The van der Waals surface area contributed by atoms with Crippen LogP contribution in [0.25, 0.3) is 0 Å². The number of thiol groups is 2. The average Bonchev–Trinajstić information content (AvgIpc) is 1.37. The molecule has 0 spiro atoms. The van der Waals surface area contributed by atoms with E-state index >= 15 is 0 Å². The van der Waals surface area contributed by atoms with E-state index in [0.717, 1.165) is 0 Å². The van der Waals surface area contributed by atoms with E-state index in [-0.39, 0.29) is 45.3 Å². The van der Waals surface area contributed by atoms with Crippen molar-refractivity contribution in [3.05, 3.63) is 0 Å². The van der Waals surface area contributed by atoms with Gasteiger partial charge < -0.3 is 0 Å². The average molecular weight is 314 g/mol. The monoisotopic (exact) mass is 312 g/mol. The van der Waals surface area contributed by atoms with Crippen molar-refractivity contribution in [3.8, 4) is 0 Å². The third kappa shape index (κ3) is 15.8. The van der Waals surface area contributed by atoms with E-state index in [2.05, 4.69) is 23.3 Å². The van der Waals surface area contributed by atoms with Crippen LogP contribution >= 0.6 is 43.0 Å². The van der Waals surface area contributed by atoms with Crippen molar-refractivity contribution < 1.29 is 19.5 Å². The quantitative estimate of drug-likeness (QED) is 0.419. The maximum absolute atomic E-state index is 3.72. The fraction of sp³-hybridized carbons (Fsp3) is 0. The van der Waals surface area contributed by atoms with E-state index in [1.807, 2.05) is 0 Å². The molecule has 0 aliphatic carbocycles. The SMILES string of the molecule is SSSS.[InH3].[Zn]. The van der Waals surface area contributed by atoms with Crippen LogP contribution in [0, 0.1) is 0 Å². The number of rotatable bonds is 1. The summed E-state index contributed by atoms with van der Waals surface area (Å²) in [6.45, 7) is 0. The zero-order valence-electron chi connectivity index (χ0n) is 2.42. The van der Waals surface area contributed by atoms with Gasteiger partial charge in [0.05, 0.1) is 0 Å². The molecule has 0 radical (unpaired) electrons. The molecule has 0 aromatic heterocycles. The predicted octanol–water partition coefficient (Wildman–Crippen LogP) is 0.871. The second kappa shape index (κ2) is 15.7. The predicted molar refractivity (Wildman–Crippen MR) is 43.1 cm³/mol. The Morgan fingerprint density at radius 2 is 1.17 bits per heavy atom. The van der Waals surface area contributed by atoms with Gasteiger partial charge in [-0.05, 0) is 19.7 Å². The van der Waals surface area contributed by atoms with Gasteiger partial charge in [0.25, 0.3) is 0 Å². The molecule has 34 valence electrons. The first-order valence-electron chi connectivity index (χ1n) is 0.532. The minimum absolute atomic E-state index is 0. The largest absolute Gasteiger partial charge is 0 e. The van der Waals surface area contributed by atoms with Crippen molar-refractivity contribution >= 4 is 68.8 Å². The zero-order chi connectivity index (χ0) is 3.41. The molecule has 0 aromatic carbocycles. The van der Waals surface area contributed by atoms with Crippen LogP contribution in [0.4, 0.5) is 0 Å². The summed E-state index contributed by atoms with van der Waals surface area (Å²) in [4.78, 5) is 0. The van der Waals surface area contributed by atoms with Crippen LogP contribution < -0.4 is 0 Å². The molecular formula is H5InS4Zn. The van der Waals surface area contributed by atoms with Gasteiger partial charge in [0, 0.05) is 19.5 Å². The third-order valence-electron chi connectivity index (χ3n) is 0.0333. The Morgan fingerprint density at radius 1 is 1.00 bits per heavy atom. The molecule has 0 saturated heterocycles. The molecule has 0 bridgehead atoms. The first-order chi connectivity index (χ1) is 1.91. The second-order valence-electron chi connectivity index (χ2n) is 0.149. The standard InChI is InChI=1S/In.H2S4.Zn.3H/c;1-3-4-2;;;;/h;1-2H;;;;. The van der Waals surface area contributed by atoms with Crippen molar-refractivity contribution in [2.45, 2.75) is 0 Å². The molecule has 0 nitrogen and oxygen atoms in total. The summed E-state index contributed by atoms with van der Waals surface area (Å²) in [6, 6.07) is 0. The van der Waals surface area contributed by atoms with E-state index in [1.54, 1.807) is 0 Å². The molecule has 0 aliphatic heterocycles. The van der Waals surface area contributed by atoms with Gasteiger partial charge in [-0.25, -0.2) is 0 Å². The van der Waals surface area contributed by atoms with Gasteiger partial charge in [-0.2, -0.15) is 0 Å². The molecule has 0 atom stereocenters. The van der Waals surface area contributed by atoms with Crippen LogP contribution in [-0.2, 0) is 19.5 Å². The molecule has 6 heavy (non-hydrogen) atoms. The van der Waals surface area contributed by atoms with Crippen molar-refractivity contribution in [1.82, 2.24) is 0 Å². The van der Waals surface area contributed by atoms with Gasteiger partial charge in [0.1, 0.15) is 0 Å². The van der Waals surface area contributed by atoms with E-state index in [9.17, 15) is 0 Å². The summed E-state index contributed by atoms with van der Waals surface area (Å²) in [6.07, 6.45) is 0. The Labute approximate surface area is 86.9 Å². The zero-order valence-corrected chi connectivity index (χ0v) is 8.81. The van der Waals surface area contributed by atoms with Gasteiger partial charge in [0.2, 0.25) is 0 Å². The molecule has 0 fully saturated rings. The molecule has 6 heteroatoms. The van der Waals surface area contributed by atoms with Crippen LogP contribution in [0.3, 0.4) is 0 Å². The maximum atomic E-state index is 3.72. The Kier molecular flexibility index (Phi) is 41.7. The van der Waals surface area contributed by atoms with Crippen LogP contribution in [0.15, 0.2) is 0 Å². The fourth-order valence-corrected chi connectivity index (χ4v) is 0. The molecule has 0 unspecified atom stereocenters. The van der Waals surface area contributed by atoms with E-state index in [4.69, 9.17) is 0 Å².